The van der Waals surface area contributed by atoms with Crippen molar-refractivity contribution < 1.29 is 14.3 Å². The Labute approximate surface area is 143 Å². The molecule has 0 aliphatic rings. The molecule has 0 aliphatic carbocycles. The molecule has 5 heteroatoms. The van der Waals surface area contributed by atoms with Crippen molar-refractivity contribution in [1.82, 2.24) is 0 Å². The Kier molecular flexibility index (Phi) is 6.07. The summed E-state index contributed by atoms with van der Waals surface area (Å²) in [5.74, 6) is 1.28. The highest BCUT2D eigenvalue weighted by Gasteiger charge is 2.09. The van der Waals surface area contributed by atoms with E-state index >= 15 is 0 Å². The van der Waals surface area contributed by atoms with E-state index in [-0.39, 0.29) is 6.03 Å². The van der Waals surface area contributed by atoms with Crippen molar-refractivity contribution in [3.8, 4) is 11.5 Å². The number of hydrogen-bond acceptors (Lipinski definition) is 3. The maximum Gasteiger partial charge on any atom is 0.323 e. The van der Waals surface area contributed by atoms with Crippen molar-refractivity contribution in [3.05, 3.63) is 47.5 Å². The predicted octanol–water partition coefficient (Wildman–Crippen LogP) is 4.74. The number of urea groups is 1. The Morgan fingerprint density at radius 1 is 0.833 bits per heavy atom. The van der Waals surface area contributed by atoms with Gasteiger partial charge in [-0.2, -0.15) is 0 Å². The van der Waals surface area contributed by atoms with Crippen molar-refractivity contribution in [3.63, 3.8) is 0 Å². The van der Waals surface area contributed by atoms with Gasteiger partial charge in [0, 0.05) is 17.4 Å². The van der Waals surface area contributed by atoms with Gasteiger partial charge in [-0.25, -0.2) is 4.79 Å². The number of anilines is 2. The lowest BCUT2D eigenvalue weighted by Gasteiger charge is -2.13. The summed E-state index contributed by atoms with van der Waals surface area (Å²) in [6.45, 7) is 8.95. The largest absolute Gasteiger partial charge is 0.490 e. The molecule has 2 aromatic carbocycles. The van der Waals surface area contributed by atoms with Crippen LogP contribution in [0.1, 0.15) is 25.0 Å². The minimum absolute atomic E-state index is 0.301. The molecule has 0 aromatic heterocycles. The molecule has 0 heterocycles. The second-order valence-electron chi connectivity index (χ2n) is 5.41. The minimum atomic E-state index is -0.301. The molecule has 2 amide bonds. The van der Waals surface area contributed by atoms with Gasteiger partial charge in [-0.05, 0) is 63.1 Å². The van der Waals surface area contributed by atoms with Crippen LogP contribution in [-0.2, 0) is 0 Å². The second-order valence-corrected chi connectivity index (χ2v) is 5.41. The van der Waals surface area contributed by atoms with E-state index in [1.165, 1.54) is 5.56 Å². The van der Waals surface area contributed by atoms with Gasteiger partial charge in [0.2, 0.25) is 0 Å². The average Bonchev–Trinajstić information content (AvgIpc) is 2.54. The van der Waals surface area contributed by atoms with Crippen molar-refractivity contribution >= 4 is 17.4 Å². The third kappa shape index (κ3) is 4.65. The van der Waals surface area contributed by atoms with Crippen LogP contribution >= 0.6 is 0 Å². The molecule has 0 spiro atoms. The van der Waals surface area contributed by atoms with Gasteiger partial charge in [0.15, 0.2) is 11.5 Å². The lowest BCUT2D eigenvalue weighted by atomic mass is 10.1. The topological polar surface area (TPSA) is 59.6 Å². The molecule has 2 N–H and O–H groups in total. The van der Waals surface area contributed by atoms with E-state index in [0.29, 0.717) is 30.4 Å². The second kappa shape index (κ2) is 8.24. The molecule has 24 heavy (non-hydrogen) atoms. The Hall–Kier alpha value is -2.69. The summed E-state index contributed by atoms with van der Waals surface area (Å²) in [4.78, 5) is 12.2. The van der Waals surface area contributed by atoms with Gasteiger partial charge < -0.3 is 20.1 Å². The van der Waals surface area contributed by atoms with Gasteiger partial charge in [0.25, 0.3) is 0 Å². The monoisotopic (exact) mass is 328 g/mol. The number of nitrogens with one attached hydrogen (secondary N) is 2. The third-order valence-corrected chi connectivity index (χ3v) is 3.57. The van der Waals surface area contributed by atoms with E-state index in [2.05, 4.69) is 10.6 Å². The number of carbonyl (C=O) groups is 1. The third-order valence-electron chi connectivity index (χ3n) is 3.57. The molecular weight excluding hydrogens is 304 g/mol. The maximum absolute atomic E-state index is 12.2. The fraction of sp³-hybridized carbons (Fsp3) is 0.316. The molecule has 0 atom stereocenters. The molecule has 0 radical (unpaired) electrons. The lowest BCUT2D eigenvalue weighted by molar-refractivity contribution is 0.262. The van der Waals surface area contributed by atoms with Gasteiger partial charge in [-0.1, -0.05) is 6.07 Å². The summed E-state index contributed by atoms with van der Waals surface area (Å²) in [6.07, 6.45) is 0. The van der Waals surface area contributed by atoms with E-state index in [1.54, 1.807) is 18.2 Å². The van der Waals surface area contributed by atoms with E-state index in [4.69, 9.17) is 9.47 Å². The molecule has 0 saturated heterocycles. The zero-order chi connectivity index (χ0) is 17.5. The Morgan fingerprint density at radius 3 is 2.04 bits per heavy atom. The molecule has 0 fully saturated rings. The van der Waals surface area contributed by atoms with Crippen LogP contribution < -0.4 is 20.1 Å². The van der Waals surface area contributed by atoms with Gasteiger partial charge in [-0.3, -0.25) is 0 Å². The van der Waals surface area contributed by atoms with Crippen molar-refractivity contribution in [2.75, 3.05) is 23.8 Å². The predicted molar refractivity (Wildman–Crippen MR) is 97.3 cm³/mol. The van der Waals surface area contributed by atoms with Crippen LogP contribution in [0.3, 0.4) is 0 Å². The fourth-order valence-electron chi connectivity index (χ4n) is 2.24. The summed E-state index contributed by atoms with van der Waals surface area (Å²) in [5.41, 5.74) is 3.72. The number of aryl methyl sites for hydroxylation is 2. The standard InChI is InChI=1S/C19H24N2O3/c1-5-23-17-10-9-16(12-18(17)24-6-2)21-19(22)20-15-8-7-13(3)14(4)11-15/h7-12H,5-6H2,1-4H3,(H2,20,21,22). The molecule has 128 valence electrons. The van der Waals surface area contributed by atoms with Crippen LogP contribution in [0.25, 0.3) is 0 Å². The first kappa shape index (κ1) is 17.7. The molecule has 5 nitrogen and oxygen atoms in total. The van der Waals surface area contributed by atoms with Crippen molar-refractivity contribution in [1.29, 1.82) is 0 Å². The highest BCUT2D eigenvalue weighted by atomic mass is 16.5. The highest BCUT2D eigenvalue weighted by molar-refractivity contribution is 6.00. The Bertz CT molecular complexity index is 714. The smallest absolute Gasteiger partial charge is 0.323 e. The number of benzene rings is 2. The van der Waals surface area contributed by atoms with Crippen LogP contribution in [0, 0.1) is 13.8 Å². The van der Waals surface area contributed by atoms with E-state index in [1.807, 2.05) is 45.9 Å². The van der Waals surface area contributed by atoms with Gasteiger partial charge >= 0.3 is 6.03 Å². The van der Waals surface area contributed by atoms with Gasteiger partial charge in [0.05, 0.1) is 13.2 Å². The molecular formula is C19H24N2O3. The summed E-state index contributed by atoms with van der Waals surface area (Å²) < 4.78 is 11.1. The zero-order valence-electron chi connectivity index (χ0n) is 14.6. The molecule has 0 aliphatic heterocycles. The number of ether oxygens (including phenoxy) is 2. The SMILES string of the molecule is CCOc1ccc(NC(=O)Nc2ccc(C)c(C)c2)cc1OCC. The number of carbonyl (C=O) groups excluding carboxylic acids is 1. The van der Waals surface area contributed by atoms with E-state index < -0.39 is 0 Å². The summed E-state index contributed by atoms with van der Waals surface area (Å²) in [5, 5.41) is 5.63. The van der Waals surface area contributed by atoms with Crippen LogP contribution in [0.4, 0.5) is 16.2 Å². The fourth-order valence-corrected chi connectivity index (χ4v) is 2.24. The first-order valence-electron chi connectivity index (χ1n) is 8.08. The summed E-state index contributed by atoms with van der Waals surface area (Å²) in [7, 11) is 0. The maximum atomic E-state index is 12.2. The van der Waals surface area contributed by atoms with Gasteiger partial charge in [-0.15, -0.1) is 0 Å². The average molecular weight is 328 g/mol. The normalized spacial score (nSPS) is 10.2. The molecule has 2 aromatic rings. The van der Waals surface area contributed by atoms with Crippen molar-refractivity contribution in [2.24, 2.45) is 0 Å². The highest BCUT2D eigenvalue weighted by Crippen LogP contribution is 2.30. The number of amides is 2. The van der Waals surface area contributed by atoms with Crippen molar-refractivity contribution in [2.45, 2.75) is 27.7 Å². The summed E-state index contributed by atoms with van der Waals surface area (Å²) in [6, 6.07) is 10.8. The van der Waals surface area contributed by atoms with E-state index in [0.717, 1.165) is 11.3 Å². The van der Waals surface area contributed by atoms with Crippen LogP contribution in [0.5, 0.6) is 11.5 Å². The first-order valence-corrected chi connectivity index (χ1v) is 8.08. The Morgan fingerprint density at radius 2 is 1.42 bits per heavy atom. The Balaban J connectivity index is 2.07. The molecule has 0 unspecified atom stereocenters. The zero-order valence-corrected chi connectivity index (χ0v) is 14.6. The van der Waals surface area contributed by atoms with Crippen LogP contribution in [0.2, 0.25) is 0 Å². The molecule has 2 rings (SSSR count). The molecule has 0 saturated carbocycles. The van der Waals surface area contributed by atoms with Crippen LogP contribution in [-0.4, -0.2) is 19.2 Å². The van der Waals surface area contributed by atoms with Crippen LogP contribution in [0.15, 0.2) is 36.4 Å². The van der Waals surface area contributed by atoms with E-state index in [9.17, 15) is 4.79 Å². The lowest BCUT2D eigenvalue weighted by Crippen LogP contribution is -2.19. The quantitative estimate of drug-likeness (QED) is 0.805. The molecule has 0 bridgehead atoms. The van der Waals surface area contributed by atoms with Gasteiger partial charge in [0.1, 0.15) is 0 Å². The summed E-state index contributed by atoms with van der Waals surface area (Å²) >= 11 is 0. The first-order chi connectivity index (χ1) is 11.5. The number of rotatable bonds is 6. The minimum Gasteiger partial charge on any atom is -0.490 e. The number of hydrogen-bond donors (Lipinski definition) is 2.